The van der Waals surface area contributed by atoms with Gasteiger partial charge in [-0.3, -0.25) is 4.79 Å². The summed E-state index contributed by atoms with van der Waals surface area (Å²) in [7, 11) is -3.28. The van der Waals surface area contributed by atoms with Crippen molar-refractivity contribution >= 4 is 27.2 Å². The fourth-order valence-corrected chi connectivity index (χ4v) is 1.90. The zero-order chi connectivity index (χ0) is 11.6. The Morgan fingerprint density at radius 1 is 1.40 bits per heavy atom. The Morgan fingerprint density at radius 2 is 2.00 bits per heavy atom. The SMILES string of the molecule is Cc1cc(C(=O)CS(C)(=O)=O)ccc1Cl. The van der Waals surface area contributed by atoms with E-state index in [2.05, 4.69) is 0 Å². The maximum atomic E-state index is 11.5. The van der Waals surface area contributed by atoms with Crippen LogP contribution >= 0.6 is 11.6 Å². The molecular weight excluding hydrogens is 236 g/mol. The van der Waals surface area contributed by atoms with Gasteiger partial charge in [0.1, 0.15) is 5.75 Å². The largest absolute Gasteiger partial charge is 0.293 e. The van der Waals surface area contributed by atoms with Crippen molar-refractivity contribution in [2.45, 2.75) is 6.92 Å². The number of benzene rings is 1. The Morgan fingerprint density at radius 3 is 2.47 bits per heavy atom. The highest BCUT2D eigenvalue weighted by molar-refractivity contribution is 7.91. The molecule has 0 aliphatic carbocycles. The lowest BCUT2D eigenvalue weighted by Gasteiger charge is -2.02. The molecule has 0 bridgehead atoms. The maximum absolute atomic E-state index is 11.5. The number of sulfone groups is 1. The van der Waals surface area contributed by atoms with Crippen molar-refractivity contribution in [3.05, 3.63) is 34.3 Å². The van der Waals surface area contributed by atoms with E-state index in [9.17, 15) is 13.2 Å². The smallest absolute Gasteiger partial charge is 0.177 e. The van der Waals surface area contributed by atoms with Crippen molar-refractivity contribution in [3.63, 3.8) is 0 Å². The Bertz CT molecular complexity index is 491. The Balaban J connectivity index is 2.98. The fraction of sp³-hybridized carbons (Fsp3) is 0.300. The first kappa shape index (κ1) is 12.2. The fourth-order valence-electron chi connectivity index (χ4n) is 1.14. The molecule has 82 valence electrons. The van der Waals surface area contributed by atoms with Gasteiger partial charge >= 0.3 is 0 Å². The average molecular weight is 247 g/mol. The summed E-state index contributed by atoms with van der Waals surface area (Å²) in [6.45, 7) is 1.76. The Kier molecular flexibility index (Phi) is 3.52. The number of carbonyl (C=O) groups is 1. The normalized spacial score (nSPS) is 11.4. The van der Waals surface area contributed by atoms with E-state index in [1.807, 2.05) is 0 Å². The van der Waals surface area contributed by atoms with Crippen molar-refractivity contribution in [3.8, 4) is 0 Å². The van der Waals surface area contributed by atoms with E-state index in [1.165, 1.54) is 6.07 Å². The molecule has 0 saturated heterocycles. The van der Waals surface area contributed by atoms with E-state index < -0.39 is 21.4 Å². The van der Waals surface area contributed by atoms with Crippen LogP contribution < -0.4 is 0 Å². The first-order chi connectivity index (χ1) is 6.79. The molecule has 1 rings (SSSR count). The number of Topliss-reactive ketones (excluding diaryl/α,β-unsaturated/α-hetero) is 1. The third-order valence-electron chi connectivity index (χ3n) is 1.87. The molecule has 0 aliphatic rings. The summed E-state index contributed by atoms with van der Waals surface area (Å²) in [5, 5.41) is 0.561. The molecule has 5 heteroatoms. The van der Waals surface area contributed by atoms with Crippen LogP contribution in [0.4, 0.5) is 0 Å². The topological polar surface area (TPSA) is 51.2 Å². The van der Waals surface area contributed by atoms with Crippen LogP contribution in [0.5, 0.6) is 0 Å². The lowest BCUT2D eigenvalue weighted by atomic mass is 10.1. The molecule has 0 aromatic heterocycles. The molecule has 15 heavy (non-hydrogen) atoms. The summed E-state index contributed by atoms with van der Waals surface area (Å²) < 4.78 is 21.8. The van der Waals surface area contributed by atoms with Gasteiger partial charge in [0.25, 0.3) is 0 Å². The molecule has 1 aromatic carbocycles. The Hall–Kier alpha value is -0.870. The number of ketones is 1. The maximum Gasteiger partial charge on any atom is 0.177 e. The van der Waals surface area contributed by atoms with E-state index in [4.69, 9.17) is 11.6 Å². The number of hydrogen-bond acceptors (Lipinski definition) is 3. The molecule has 0 saturated carbocycles. The second-order valence-electron chi connectivity index (χ2n) is 3.46. The van der Waals surface area contributed by atoms with E-state index in [-0.39, 0.29) is 0 Å². The number of rotatable bonds is 3. The second-order valence-corrected chi connectivity index (χ2v) is 6.00. The molecule has 0 heterocycles. The molecule has 0 radical (unpaired) electrons. The van der Waals surface area contributed by atoms with Gasteiger partial charge in [-0.25, -0.2) is 8.42 Å². The van der Waals surface area contributed by atoms with Gasteiger partial charge in [-0.1, -0.05) is 11.6 Å². The summed E-state index contributed by atoms with van der Waals surface area (Å²) in [5.74, 6) is -0.870. The summed E-state index contributed by atoms with van der Waals surface area (Å²) in [4.78, 5) is 11.5. The molecule has 0 unspecified atom stereocenters. The van der Waals surface area contributed by atoms with Gasteiger partial charge in [-0.15, -0.1) is 0 Å². The van der Waals surface area contributed by atoms with Crippen molar-refractivity contribution in [1.82, 2.24) is 0 Å². The van der Waals surface area contributed by atoms with Gasteiger partial charge in [0.2, 0.25) is 0 Å². The van der Waals surface area contributed by atoms with E-state index in [1.54, 1.807) is 19.1 Å². The highest BCUT2D eigenvalue weighted by atomic mass is 35.5. The molecule has 0 fully saturated rings. The van der Waals surface area contributed by atoms with E-state index in [0.717, 1.165) is 11.8 Å². The van der Waals surface area contributed by atoms with Crippen LogP contribution in [0.3, 0.4) is 0 Å². The summed E-state index contributed by atoms with van der Waals surface area (Å²) >= 11 is 5.79. The molecule has 3 nitrogen and oxygen atoms in total. The molecular formula is C10H11ClO3S. The number of carbonyl (C=O) groups excluding carboxylic acids is 1. The summed E-state index contributed by atoms with van der Waals surface area (Å²) in [6, 6.07) is 4.71. The third kappa shape index (κ3) is 3.64. The quantitative estimate of drug-likeness (QED) is 0.766. The molecule has 0 aliphatic heterocycles. The zero-order valence-electron chi connectivity index (χ0n) is 8.45. The van der Waals surface area contributed by atoms with Crippen LogP contribution in [0.2, 0.25) is 5.02 Å². The molecule has 0 spiro atoms. The van der Waals surface area contributed by atoms with Gasteiger partial charge in [0.15, 0.2) is 15.6 Å². The van der Waals surface area contributed by atoms with Crippen LogP contribution in [0.15, 0.2) is 18.2 Å². The van der Waals surface area contributed by atoms with Crippen LogP contribution in [0.1, 0.15) is 15.9 Å². The predicted octanol–water partition coefficient (Wildman–Crippen LogP) is 1.88. The van der Waals surface area contributed by atoms with Crippen LogP contribution in [0.25, 0.3) is 0 Å². The second kappa shape index (κ2) is 4.33. The first-order valence-corrected chi connectivity index (χ1v) is 6.70. The zero-order valence-corrected chi connectivity index (χ0v) is 10.0. The summed E-state index contributed by atoms with van der Waals surface area (Å²) in [5.41, 5.74) is 1.14. The minimum atomic E-state index is -3.28. The standard InChI is InChI=1S/C10H11ClO3S/c1-7-5-8(3-4-9(7)11)10(12)6-15(2,13)14/h3-5H,6H2,1-2H3. The van der Waals surface area contributed by atoms with E-state index >= 15 is 0 Å². The van der Waals surface area contributed by atoms with Crippen molar-refractivity contribution in [2.24, 2.45) is 0 Å². The molecule has 0 atom stereocenters. The minimum absolute atomic E-state index is 0.377. The highest BCUT2D eigenvalue weighted by Crippen LogP contribution is 2.16. The van der Waals surface area contributed by atoms with Gasteiger partial charge in [-0.2, -0.15) is 0 Å². The lowest BCUT2D eigenvalue weighted by molar-refractivity contribution is 0.102. The molecule has 1 aromatic rings. The van der Waals surface area contributed by atoms with Gasteiger partial charge in [0.05, 0.1) is 0 Å². The Labute approximate surface area is 94.0 Å². The third-order valence-corrected chi connectivity index (χ3v) is 3.08. The number of aryl methyl sites for hydroxylation is 1. The van der Waals surface area contributed by atoms with Crippen LogP contribution in [0, 0.1) is 6.92 Å². The first-order valence-electron chi connectivity index (χ1n) is 4.26. The molecule has 0 amide bonds. The lowest BCUT2D eigenvalue weighted by Crippen LogP contribution is -2.14. The molecule has 0 N–H and O–H groups in total. The summed E-state index contributed by atoms with van der Waals surface area (Å²) in [6.07, 6.45) is 1.04. The van der Waals surface area contributed by atoms with Gasteiger partial charge in [0, 0.05) is 16.8 Å². The number of halogens is 1. The van der Waals surface area contributed by atoms with E-state index in [0.29, 0.717) is 10.6 Å². The van der Waals surface area contributed by atoms with Crippen LogP contribution in [-0.2, 0) is 9.84 Å². The monoisotopic (exact) mass is 246 g/mol. The van der Waals surface area contributed by atoms with Crippen LogP contribution in [-0.4, -0.2) is 26.2 Å². The highest BCUT2D eigenvalue weighted by Gasteiger charge is 2.13. The van der Waals surface area contributed by atoms with Gasteiger partial charge < -0.3 is 0 Å². The number of hydrogen-bond donors (Lipinski definition) is 0. The van der Waals surface area contributed by atoms with Gasteiger partial charge in [-0.05, 0) is 30.7 Å². The minimum Gasteiger partial charge on any atom is -0.293 e. The predicted molar refractivity (Wildman–Crippen MR) is 60.2 cm³/mol. The van der Waals surface area contributed by atoms with Crippen molar-refractivity contribution < 1.29 is 13.2 Å². The average Bonchev–Trinajstić information content (AvgIpc) is 2.06. The van der Waals surface area contributed by atoms with Crippen molar-refractivity contribution in [2.75, 3.05) is 12.0 Å². The van der Waals surface area contributed by atoms with Crippen molar-refractivity contribution in [1.29, 1.82) is 0 Å².